The second-order valence-corrected chi connectivity index (χ2v) is 14.7. The highest BCUT2D eigenvalue weighted by Gasteiger charge is 2.77. The highest BCUT2D eigenvalue weighted by molar-refractivity contribution is 6.58. The molecule has 6 atom stereocenters. The minimum atomic E-state index is -4.87. The smallest absolute Gasteiger partial charge is 0.433 e. The monoisotopic (exact) mass is 796 g/mol. The Bertz CT molecular complexity index is 2140. The molecule has 1 aromatic heterocycles. The van der Waals surface area contributed by atoms with Crippen LogP contribution in [0.1, 0.15) is 30.0 Å². The van der Waals surface area contributed by atoms with Crippen molar-refractivity contribution in [3.05, 3.63) is 82.3 Å². The molecule has 2 aliphatic carbocycles. The topological polar surface area (TPSA) is 130 Å². The van der Waals surface area contributed by atoms with Crippen LogP contribution in [0.4, 0.5) is 29.1 Å². The minimum Gasteiger partial charge on any atom is -0.507 e. The van der Waals surface area contributed by atoms with E-state index in [1.165, 1.54) is 38.5 Å². The van der Waals surface area contributed by atoms with Gasteiger partial charge in [0, 0.05) is 30.7 Å². The van der Waals surface area contributed by atoms with Gasteiger partial charge in [0.05, 0.1) is 36.8 Å². The summed E-state index contributed by atoms with van der Waals surface area (Å²) in [6.45, 7) is 0. The summed E-state index contributed by atoms with van der Waals surface area (Å²) in [4.78, 5) is 57.1. The molecule has 2 aliphatic heterocycles. The number of rotatable bonds is 6. The maximum absolute atomic E-state index is 14.6. The lowest BCUT2D eigenvalue weighted by Crippen LogP contribution is -2.60. The van der Waals surface area contributed by atoms with E-state index in [-0.39, 0.29) is 39.8 Å². The summed E-state index contributed by atoms with van der Waals surface area (Å²) in [5.41, 5.74) is -1.17. The van der Waals surface area contributed by atoms with Crippen LogP contribution in [-0.4, -0.2) is 69.7 Å². The Hall–Kier alpha value is -4.60. The second kappa shape index (κ2) is 12.5. The Balaban J connectivity index is 1.39. The van der Waals surface area contributed by atoms with E-state index in [1.807, 2.05) is 0 Å². The molecule has 0 spiro atoms. The van der Waals surface area contributed by atoms with Gasteiger partial charge in [-0.15, -0.1) is 23.2 Å². The van der Waals surface area contributed by atoms with E-state index in [9.17, 15) is 41.8 Å². The molecule has 53 heavy (non-hydrogen) atoms. The molecule has 1 N–H and O–H groups in total. The molecule has 3 heterocycles. The standard InChI is InChI=1S/C35H27Cl3F4N4O7/c1-44(28-21(36)10-11-24(43-28)35(40,41)42)46-29(48)19-9-8-18-20(25(19)30(46)49)14-33(37)31(50)45(16-6-4-15(39)5-7-16)32(51)34(33,38)27(18)26-22(47)12-17(52-2)13-23(26)53-3/h4-8,10-13,19-20,25,27,47H,9,14H2,1-3H3/t19-,20+,25-,27+,33+,34-/m0/s1. The maximum Gasteiger partial charge on any atom is 0.433 e. The van der Waals surface area contributed by atoms with Crippen LogP contribution in [-0.2, 0) is 25.4 Å². The number of carbonyl (C=O) groups is 4. The predicted octanol–water partition coefficient (Wildman–Crippen LogP) is 6.23. The van der Waals surface area contributed by atoms with Crippen molar-refractivity contribution in [1.82, 2.24) is 9.99 Å². The van der Waals surface area contributed by atoms with Gasteiger partial charge < -0.3 is 14.6 Å². The highest BCUT2D eigenvalue weighted by Crippen LogP contribution is 2.67. The zero-order valence-electron chi connectivity index (χ0n) is 27.8. The zero-order chi connectivity index (χ0) is 38.5. The number of allylic oxidation sites excluding steroid dienone is 2. The summed E-state index contributed by atoms with van der Waals surface area (Å²) in [6, 6.07) is 8.67. The lowest BCUT2D eigenvalue weighted by atomic mass is 9.56. The normalized spacial score (nSPS) is 28.1. The largest absolute Gasteiger partial charge is 0.507 e. The lowest BCUT2D eigenvalue weighted by Gasteiger charge is -2.50. The number of carbonyl (C=O) groups excluding carboxylic acids is 4. The Labute approximate surface area is 313 Å². The van der Waals surface area contributed by atoms with Crippen LogP contribution < -0.4 is 19.4 Å². The van der Waals surface area contributed by atoms with Crippen molar-refractivity contribution in [2.24, 2.45) is 17.8 Å². The van der Waals surface area contributed by atoms with Crippen LogP contribution in [0.3, 0.4) is 0 Å². The number of anilines is 2. The Morgan fingerprint density at radius 1 is 0.962 bits per heavy atom. The van der Waals surface area contributed by atoms with Crippen LogP contribution in [0, 0.1) is 23.6 Å². The summed E-state index contributed by atoms with van der Waals surface area (Å²) in [6.07, 6.45) is -3.87. The van der Waals surface area contributed by atoms with Crippen LogP contribution >= 0.6 is 34.8 Å². The first-order chi connectivity index (χ1) is 24.9. The molecule has 2 saturated heterocycles. The number of pyridine rings is 1. The Morgan fingerprint density at radius 2 is 1.64 bits per heavy atom. The van der Waals surface area contributed by atoms with E-state index in [4.69, 9.17) is 44.3 Å². The van der Waals surface area contributed by atoms with Crippen LogP contribution in [0.15, 0.2) is 60.2 Å². The van der Waals surface area contributed by atoms with Gasteiger partial charge in [-0.05, 0) is 55.2 Å². The number of halogens is 7. The van der Waals surface area contributed by atoms with Gasteiger partial charge >= 0.3 is 6.18 Å². The van der Waals surface area contributed by atoms with E-state index in [0.717, 1.165) is 35.2 Å². The molecule has 0 bridgehead atoms. The predicted molar refractivity (Wildman–Crippen MR) is 182 cm³/mol. The zero-order valence-corrected chi connectivity index (χ0v) is 30.0. The third kappa shape index (κ3) is 5.18. The van der Waals surface area contributed by atoms with E-state index >= 15 is 0 Å². The van der Waals surface area contributed by atoms with Gasteiger partial charge in [0.2, 0.25) is 0 Å². The summed E-state index contributed by atoms with van der Waals surface area (Å²) in [5, 5.41) is 12.7. The molecule has 0 unspecified atom stereocenters. The van der Waals surface area contributed by atoms with Crippen LogP contribution in [0.25, 0.3) is 0 Å². The molecule has 4 aliphatic rings. The third-order valence-electron chi connectivity index (χ3n) is 10.4. The number of hydrogen-bond donors (Lipinski definition) is 1. The SMILES string of the molecule is COc1cc(O)c([C@H]2C3=CC[C@@H]4C(=O)N(N(C)c5nc(C(F)(F)F)ccc5Cl)C(=O)[C@@H]4[C@@H]3C[C@@]3(Cl)C(=O)N(c4ccc(F)cc4)C(=O)[C@@]23Cl)c(OC)c1. The van der Waals surface area contributed by atoms with Gasteiger partial charge in [-0.3, -0.25) is 24.2 Å². The number of imide groups is 2. The number of aromatic hydroxyl groups is 1. The third-order valence-corrected chi connectivity index (χ3v) is 12.1. The number of benzene rings is 2. The van der Waals surface area contributed by atoms with Crippen molar-refractivity contribution in [2.75, 3.05) is 31.2 Å². The van der Waals surface area contributed by atoms with Crippen molar-refractivity contribution in [3.8, 4) is 17.2 Å². The Morgan fingerprint density at radius 3 is 2.26 bits per heavy atom. The van der Waals surface area contributed by atoms with Gasteiger partial charge in [-0.1, -0.05) is 23.3 Å². The molecule has 3 aromatic rings. The number of hydrogen-bond acceptors (Lipinski definition) is 9. The molecule has 18 heteroatoms. The number of phenols is 1. The molecule has 1 saturated carbocycles. The minimum absolute atomic E-state index is 0.0181. The van der Waals surface area contributed by atoms with Gasteiger partial charge in [-0.2, -0.15) is 18.2 Å². The number of nitrogens with zero attached hydrogens (tertiary/aromatic N) is 4. The first-order valence-electron chi connectivity index (χ1n) is 15.9. The quantitative estimate of drug-likeness (QED) is 0.134. The molecule has 0 radical (unpaired) electrons. The Kier molecular flexibility index (Phi) is 8.66. The number of methoxy groups -OCH3 is 2. The molecule has 4 amide bonds. The average molecular weight is 798 g/mol. The van der Waals surface area contributed by atoms with E-state index in [2.05, 4.69) is 4.98 Å². The van der Waals surface area contributed by atoms with Crippen molar-refractivity contribution < 1.29 is 51.3 Å². The fourth-order valence-electron chi connectivity index (χ4n) is 8.07. The fraction of sp³-hybridized carbons (Fsp3) is 0.343. The molecule has 7 rings (SSSR count). The van der Waals surface area contributed by atoms with Crippen molar-refractivity contribution in [1.29, 1.82) is 0 Å². The number of aromatic nitrogens is 1. The molecule has 3 fully saturated rings. The maximum atomic E-state index is 14.6. The first kappa shape index (κ1) is 36.7. The second-order valence-electron chi connectivity index (χ2n) is 13.0. The van der Waals surface area contributed by atoms with Gasteiger partial charge in [0.25, 0.3) is 23.6 Å². The fourth-order valence-corrected chi connectivity index (χ4v) is 9.22. The van der Waals surface area contributed by atoms with Crippen LogP contribution in [0.2, 0.25) is 5.02 Å². The van der Waals surface area contributed by atoms with Crippen LogP contribution in [0.5, 0.6) is 17.2 Å². The van der Waals surface area contributed by atoms with E-state index in [0.29, 0.717) is 11.1 Å². The van der Waals surface area contributed by atoms with E-state index in [1.54, 1.807) is 6.08 Å². The summed E-state index contributed by atoms with van der Waals surface area (Å²) >= 11 is 21.0. The molecular formula is C35H27Cl3F4N4O7. The number of amides is 4. The number of hydrazine groups is 1. The molecule has 2 aromatic carbocycles. The summed E-state index contributed by atoms with van der Waals surface area (Å²) in [5.74, 6) is -10.1. The van der Waals surface area contributed by atoms with E-state index < -0.39 is 92.7 Å². The molecular weight excluding hydrogens is 771 g/mol. The van der Waals surface area contributed by atoms with Crippen molar-refractivity contribution in [2.45, 2.75) is 34.7 Å². The highest BCUT2D eigenvalue weighted by atomic mass is 35.5. The molecule has 11 nitrogen and oxygen atoms in total. The van der Waals surface area contributed by atoms with Gasteiger partial charge in [0.1, 0.15) is 28.8 Å². The van der Waals surface area contributed by atoms with Gasteiger partial charge in [0.15, 0.2) is 15.6 Å². The van der Waals surface area contributed by atoms with Crippen molar-refractivity contribution >= 4 is 69.9 Å². The summed E-state index contributed by atoms with van der Waals surface area (Å²) in [7, 11) is 3.78. The molecule has 278 valence electrons. The van der Waals surface area contributed by atoms with Gasteiger partial charge in [-0.25, -0.2) is 14.3 Å². The first-order valence-corrected chi connectivity index (χ1v) is 17.1. The van der Waals surface area contributed by atoms with Crippen molar-refractivity contribution in [3.63, 3.8) is 0 Å². The number of fused-ring (bicyclic) bond motifs is 4. The number of ether oxygens (including phenoxy) is 2. The number of phenolic OH excluding ortho intramolecular Hbond substituents is 1. The lowest BCUT2D eigenvalue weighted by molar-refractivity contribution is -0.141. The summed E-state index contributed by atoms with van der Waals surface area (Å²) < 4.78 is 65.7. The average Bonchev–Trinajstić information content (AvgIpc) is 3.45. The number of alkyl halides is 5.